The molecule has 2 unspecified atom stereocenters. The first kappa shape index (κ1) is 14.2. The van der Waals surface area contributed by atoms with Crippen molar-refractivity contribution in [1.29, 1.82) is 0 Å². The SMILES string of the molecule is O=C1CCC2CN(c3nc(Cl)c(Cl)cc3Cl)CCC2N1. The van der Waals surface area contributed by atoms with Crippen molar-refractivity contribution in [3.63, 3.8) is 0 Å². The number of halogens is 3. The second kappa shape index (κ2) is 5.58. The molecule has 108 valence electrons. The van der Waals surface area contributed by atoms with Gasteiger partial charge < -0.3 is 10.2 Å². The Bertz CT molecular complexity index is 552. The molecule has 2 aliphatic heterocycles. The fraction of sp³-hybridized carbons (Fsp3) is 0.538. The van der Waals surface area contributed by atoms with Gasteiger partial charge in [-0.25, -0.2) is 4.98 Å². The number of pyridine rings is 1. The lowest BCUT2D eigenvalue weighted by Gasteiger charge is -2.42. The van der Waals surface area contributed by atoms with Crippen LogP contribution in [0.15, 0.2) is 6.07 Å². The number of piperidine rings is 2. The molecule has 0 saturated carbocycles. The summed E-state index contributed by atoms with van der Waals surface area (Å²) >= 11 is 18.1. The second-order valence-corrected chi connectivity index (χ2v) is 6.45. The Morgan fingerprint density at radius 1 is 1.25 bits per heavy atom. The van der Waals surface area contributed by atoms with Crippen molar-refractivity contribution in [2.24, 2.45) is 5.92 Å². The summed E-state index contributed by atoms with van der Waals surface area (Å²) in [6.07, 6.45) is 2.40. The van der Waals surface area contributed by atoms with E-state index in [1.54, 1.807) is 6.07 Å². The highest BCUT2D eigenvalue weighted by Gasteiger charge is 2.34. The molecule has 3 rings (SSSR count). The van der Waals surface area contributed by atoms with Gasteiger partial charge in [-0.1, -0.05) is 34.8 Å². The number of carbonyl (C=O) groups is 1. The summed E-state index contributed by atoms with van der Waals surface area (Å²) < 4.78 is 0. The molecule has 0 bridgehead atoms. The monoisotopic (exact) mass is 333 g/mol. The van der Waals surface area contributed by atoms with Crippen LogP contribution in [0, 0.1) is 5.92 Å². The number of amides is 1. The summed E-state index contributed by atoms with van der Waals surface area (Å²) in [6, 6.07) is 1.90. The first-order valence-corrected chi connectivity index (χ1v) is 7.74. The van der Waals surface area contributed by atoms with E-state index in [1.165, 1.54) is 0 Å². The third-order valence-corrected chi connectivity index (χ3v) is 4.94. The lowest BCUT2D eigenvalue weighted by atomic mass is 9.85. The molecule has 0 aliphatic carbocycles. The Labute approximate surface area is 132 Å². The maximum atomic E-state index is 11.4. The van der Waals surface area contributed by atoms with Crippen LogP contribution in [0.1, 0.15) is 19.3 Å². The molecule has 2 aliphatic rings. The van der Waals surface area contributed by atoms with Crippen molar-refractivity contribution in [3.8, 4) is 0 Å². The molecular weight excluding hydrogens is 321 g/mol. The molecule has 2 fully saturated rings. The first-order chi connectivity index (χ1) is 9.54. The van der Waals surface area contributed by atoms with Gasteiger partial charge in [-0.05, 0) is 24.8 Å². The van der Waals surface area contributed by atoms with Gasteiger partial charge in [-0.15, -0.1) is 0 Å². The molecule has 4 nitrogen and oxygen atoms in total. The lowest BCUT2D eigenvalue weighted by molar-refractivity contribution is -0.124. The minimum absolute atomic E-state index is 0.158. The van der Waals surface area contributed by atoms with E-state index in [0.717, 1.165) is 25.9 Å². The zero-order chi connectivity index (χ0) is 14.3. The van der Waals surface area contributed by atoms with Crippen molar-refractivity contribution in [2.45, 2.75) is 25.3 Å². The molecule has 1 amide bonds. The Kier molecular flexibility index (Phi) is 3.98. The molecule has 2 saturated heterocycles. The topological polar surface area (TPSA) is 45.2 Å². The van der Waals surface area contributed by atoms with Crippen LogP contribution in [-0.2, 0) is 4.79 Å². The number of nitrogens with one attached hydrogen (secondary N) is 1. The fourth-order valence-electron chi connectivity index (χ4n) is 2.96. The van der Waals surface area contributed by atoms with E-state index in [4.69, 9.17) is 34.8 Å². The zero-order valence-electron chi connectivity index (χ0n) is 10.7. The number of rotatable bonds is 1. The maximum Gasteiger partial charge on any atom is 0.220 e. The smallest absolute Gasteiger partial charge is 0.220 e. The number of hydrogen-bond donors (Lipinski definition) is 1. The molecular formula is C13H14Cl3N3O. The van der Waals surface area contributed by atoms with Crippen LogP contribution in [0.4, 0.5) is 5.82 Å². The predicted octanol–water partition coefficient (Wildman–Crippen LogP) is 3.15. The van der Waals surface area contributed by atoms with E-state index in [2.05, 4.69) is 15.2 Å². The fourth-order valence-corrected chi connectivity index (χ4v) is 3.57. The predicted molar refractivity (Wildman–Crippen MR) is 80.8 cm³/mol. The quantitative estimate of drug-likeness (QED) is 0.803. The van der Waals surface area contributed by atoms with Gasteiger partial charge in [0.05, 0.1) is 10.0 Å². The molecule has 7 heteroatoms. The zero-order valence-corrected chi connectivity index (χ0v) is 13.0. The van der Waals surface area contributed by atoms with Crippen molar-refractivity contribution < 1.29 is 4.79 Å². The van der Waals surface area contributed by atoms with Crippen LogP contribution in [0.3, 0.4) is 0 Å². The normalized spacial score (nSPS) is 26.1. The average molecular weight is 335 g/mol. The van der Waals surface area contributed by atoms with Gasteiger partial charge in [0.15, 0.2) is 0 Å². The molecule has 3 heterocycles. The van der Waals surface area contributed by atoms with Crippen molar-refractivity contribution >= 4 is 46.5 Å². The van der Waals surface area contributed by atoms with Crippen LogP contribution in [0.25, 0.3) is 0 Å². The van der Waals surface area contributed by atoms with Gasteiger partial charge in [-0.2, -0.15) is 0 Å². The lowest BCUT2D eigenvalue weighted by Crippen LogP contribution is -2.54. The number of nitrogens with zero attached hydrogens (tertiary/aromatic N) is 2. The van der Waals surface area contributed by atoms with E-state index < -0.39 is 0 Å². The Balaban J connectivity index is 1.80. The molecule has 20 heavy (non-hydrogen) atoms. The highest BCUT2D eigenvalue weighted by atomic mass is 35.5. The van der Waals surface area contributed by atoms with Crippen LogP contribution in [0.2, 0.25) is 15.2 Å². The van der Waals surface area contributed by atoms with E-state index >= 15 is 0 Å². The largest absolute Gasteiger partial charge is 0.355 e. The molecule has 0 aromatic carbocycles. The summed E-state index contributed by atoms with van der Waals surface area (Å²) in [6.45, 7) is 1.63. The molecule has 1 aromatic rings. The Hall–Kier alpha value is -0.710. The Morgan fingerprint density at radius 2 is 2.05 bits per heavy atom. The van der Waals surface area contributed by atoms with E-state index in [-0.39, 0.29) is 17.1 Å². The highest BCUT2D eigenvalue weighted by molar-refractivity contribution is 6.42. The highest BCUT2D eigenvalue weighted by Crippen LogP contribution is 2.34. The maximum absolute atomic E-state index is 11.4. The van der Waals surface area contributed by atoms with Gasteiger partial charge in [0.2, 0.25) is 5.91 Å². The molecule has 0 spiro atoms. The second-order valence-electron chi connectivity index (χ2n) is 5.27. The number of fused-ring (bicyclic) bond motifs is 1. The van der Waals surface area contributed by atoms with Crippen molar-refractivity contribution in [1.82, 2.24) is 10.3 Å². The van der Waals surface area contributed by atoms with Crippen molar-refractivity contribution in [2.75, 3.05) is 18.0 Å². The summed E-state index contributed by atoms with van der Waals surface area (Å²) in [5, 5.41) is 4.20. The molecule has 2 atom stereocenters. The summed E-state index contributed by atoms with van der Waals surface area (Å²) in [5.74, 6) is 1.27. The van der Waals surface area contributed by atoms with Gasteiger partial charge >= 0.3 is 0 Å². The first-order valence-electron chi connectivity index (χ1n) is 6.60. The number of aromatic nitrogens is 1. The van der Waals surface area contributed by atoms with Crippen molar-refractivity contribution in [3.05, 3.63) is 21.3 Å². The van der Waals surface area contributed by atoms with Crippen LogP contribution >= 0.6 is 34.8 Å². The Morgan fingerprint density at radius 3 is 2.85 bits per heavy atom. The summed E-state index contributed by atoms with van der Waals surface area (Å²) in [7, 11) is 0. The number of anilines is 1. The van der Waals surface area contributed by atoms with Gasteiger partial charge in [0.25, 0.3) is 0 Å². The van der Waals surface area contributed by atoms with Crippen LogP contribution in [0.5, 0.6) is 0 Å². The van der Waals surface area contributed by atoms with E-state index in [0.29, 0.717) is 28.2 Å². The van der Waals surface area contributed by atoms with E-state index in [1.807, 2.05) is 0 Å². The minimum atomic E-state index is 0.158. The van der Waals surface area contributed by atoms with E-state index in [9.17, 15) is 4.79 Å². The number of carbonyl (C=O) groups excluding carboxylic acids is 1. The minimum Gasteiger partial charge on any atom is -0.355 e. The third kappa shape index (κ3) is 2.69. The number of hydrogen-bond acceptors (Lipinski definition) is 3. The standard InChI is InChI=1S/C13H14Cl3N3O/c14-8-5-9(15)13(18-12(8)16)19-4-3-10-7(6-19)1-2-11(20)17-10/h5,7,10H,1-4,6H2,(H,17,20). The van der Waals surface area contributed by atoms with Gasteiger partial charge in [0, 0.05) is 25.6 Å². The van der Waals surface area contributed by atoms with Crippen LogP contribution in [-0.4, -0.2) is 30.0 Å². The van der Waals surface area contributed by atoms with Crippen LogP contribution < -0.4 is 10.2 Å². The molecule has 1 N–H and O–H groups in total. The summed E-state index contributed by atoms with van der Waals surface area (Å²) in [5.41, 5.74) is 0. The summed E-state index contributed by atoms with van der Waals surface area (Å²) in [4.78, 5) is 17.8. The molecule has 0 radical (unpaired) electrons. The van der Waals surface area contributed by atoms with Gasteiger partial charge in [0.1, 0.15) is 11.0 Å². The molecule has 1 aromatic heterocycles. The third-order valence-electron chi connectivity index (χ3n) is 3.99. The van der Waals surface area contributed by atoms with Gasteiger partial charge in [-0.3, -0.25) is 4.79 Å². The average Bonchev–Trinajstić information content (AvgIpc) is 2.42.